The highest BCUT2D eigenvalue weighted by Crippen LogP contribution is 2.19. The summed E-state index contributed by atoms with van der Waals surface area (Å²) in [5.41, 5.74) is 3.00. The summed E-state index contributed by atoms with van der Waals surface area (Å²) in [6.07, 6.45) is 3.74. The fraction of sp³-hybridized carbons (Fsp3) is 0.474. The predicted octanol–water partition coefficient (Wildman–Crippen LogP) is 2.76. The maximum atomic E-state index is 8.78. The van der Waals surface area contributed by atoms with E-state index in [0.717, 1.165) is 41.9 Å². The molecule has 2 N–H and O–H groups in total. The van der Waals surface area contributed by atoms with Crippen molar-refractivity contribution < 1.29 is 9.84 Å². The van der Waals surface area contributed by atoms with Gasteiger partial charge in [-0.3, -0.25) is 0 Å². The molecule has 0 spiro atoms. The molecule has 0 saturated carbocycles. The zero-order valence-electron chi connectivity index (χ0n) is 14.7. The third kappa shape index (κ3) is 5.06. The Bertz CT molecular complexity index is 670. The van der Waals surface area contributed by atoms with Crippen molar-refractivity contribution in [3.8, 4) is 5.75 Å². The number of anilines is 2. The first-order chi connectivity index (χ1) is 12.2. The standard InChI is InChI=1S/C19H26N4O2/c1-15-13-17(22-19(21-15)23-9-3-2-4-10-23)14-20-16-5-7-18(8-6-16)25-12-11-24/h5-8,13,20,24H,2-4,9-12,14H2,1H3. The van der Waals surface area contributed by atoms with Crippen LogP contribution in [0.2, 0.25) is 0 Å². The highest BCUT2D eigenvalue weighted by Gasteiger charge is 2.14. The molecule has 6 heteroatoms. The molecule has 0 aliphatic carbocycles. The van der Waals surface area contributed by atoms with E-state index in [1.165, 1.54) is 19.3 Å². The van der Waals surface area contributed by atoms with Crippen molar-refractivity contribution >= 4 is 11.6 Å². The number of nitrogens with zero attached hydrogens (tertiary/aromatic N) is 3. The molecule has 2 aromatic rings. The molecule has 1 aromatic heterocycles. The summed E-state index contributed by atoms with van der Waals surface area (Å²) in [4.78, 5) is 11.6. The van der Waals surface area contributed by atoms with Gasteiger partial charge in [0.2, 0.25) is 5.95 Å². The van der Waals surface area contributed by atoms with E-state index >= 15 is 0 Å². The van der Waals surface area contributed by atoms with Gasteiger partial charge in [0, 0.05) is 24.5 Å². The lowest BCUT2D eigenvalue weighted by Crippen LogP contribution is -2.31. The average Bonchev–Trinajstić information content (AvgIpc) is 2.66. The summed E-state index contributed by atoms with van der Waals surface area (Å²) >= 11 is 0. The second kappa shape index (κ2) is 8.67. The van der Waals surface area contributed by atoms with E-state index in [2.05, 4.69) is 15.2 Å². The zero-order valence-corrected chi connectivity index (χ0v) is 14.7. The monoisotopic (exact) mass is 342 g/mol. The van der Waals surface area contributed by atoms with Crippen molar-refractivity contribution in [2.45, 2.75) is 32.7 Å². The van der Waals surface area contributed by atoms with E-state index in [-0.39, 0.29) is 6.61 Å². The fourth-order valence-electron chi connectivity index (χ4n) is 2.97. The van der Waals surface area contributed by atoms with E-state index in [9.17, 15) is 0 Å². The Morgan fingerprint density at radius 2 is 1.88 bits per heavy atom. The van der Waals surface area contributed by atoms with Crippen LogP contribution in [0.25, 0.3) is 0 Å². The molecular formula is C19H26N4O2. The van der Waals surface area contributed by atoms with Crippen molar-refractivity contribution in [2.75, 3.05) is 36.5 Å². The quantitative estimate of drug-likeness (QED) is 0.806. The number of benzene rings is 1. The largest absolute Gasteiger partial charge is 0.491 e. The number of nitrogens with one attached hydrogen (secondary N) is 1. The summed E-state index contributed by atoms with van der Waals surface area (Å²) in [6, 6.07) is 9.74. The summed E-state index contributed by atoms with van der Waals surface area (Å²) in [5, 5.41) is 12.2. The number of ether oxygens (including phenoxy) is 1. The van der Waals surface area contributed by atoms with Gasteiger partial charge in [0.05, 0.1) is 18.8 Å². The second-order valence-corrected chi connectivity index (χ2v) is 6.30. The summed E-state index contributed by atoms with van der Waals surface area (Å²) in [5.74, 6) is 1.61. The van der Waals surface area contributed by atoms with Crippen molar-refractivity contribution in [1.29, 1.82) is 0 Å². The van der Waals surface area contributed by atoms with Gasteiger partial charge in [0.15, 0.2) is 0 Å². The summed E-state index contributed by atoms with van der Waals surface area (Å²) < 4.78 is 5.37. The Labute approximate surface area is 148 Å². The summed E-state index contributed by atoms with van der Waals surface area (Å²) in [6.45, 7) is 5.10. The highest BCUT2D eigenvalue weighted by atomic mass is 16.5. The highest BCUT2D eigenvalue weighted by molar-refractivity contribution is 5.46. The minimum Gasteiger partial charge on any atom is -0.491 e. The van der Waals surface area contributed by atoms with Crippen LogP contribution in [0.4, 0.5) is 11.6 Å². The van der Waals surface area contributed by atoms with Crippen LogP contribution in [0.15, 0.2) is 30.3 Å². The minimum absolute atomic E-state index is 0.0203. The average molecular weight is 342 g/mol. The molecule has 0 amide bonds. The van der Waals surface area contributed by atoms with Crippen LogP contribution in [-0.4, -0.2) is 41.4 Å². The van der Waals surface area contributed by atoms with Crippen LogP contribution in [0.1, 0.15) is 30.7 Å². The van der Waals surface area contributed by atoms with Gasteiger partial charge < -0.3 is 20.1 Å². The molecule has 25 heavy (non-hydrogen) atoms. The van der Waals surface area contributed by atoms with E-state index in [1.54, 1.807) is 0 Å². The summed E-state index contributed by atoms with van der Waals surface area (Å²) in [7, 11) is 0. The number of aliphatic hydroxyl groups is 1. The molecule has 0 radical (unpaired) electrons. The molecule has 3 rings (SSSR count). The van der Waals surface area contributed by atoms with Crippen molar-refractivity contribution in [1.82, 2.24) is 9.97 Å². The first kappa shape index (κ1) is 17.5. The zero-order chi connectivity index (χ0) is 17.5. The Balaban J connectivity index is 1.61. The molecule has 2 heterocycles. The normalized spacial score (nSPS) is 14.4. The van der Waals surface area contributed by atoms with E-state index in [0.29, 0.717) is 13.2 Å². The molecule has 0 unspecified atom stereocenters. The number of aryl methyl sites for hydroxylation is 1. The molecule has 1 aliphatic rings. The third-order valence-corrected chi connectivity index (χ3v) is 4.22. The van der Waals surface area contributed by atoms with Gasteiger partial charge in [-0.2, -0.15) is 0 Å². The fourth-order valence-corrected chi connectivity index (χ4v) is 2.97. The Morgan fingerprint density at radius 3 is 2.60 bits per heavy atom. The molecular weight excluding hydrogens is 316 g/mol. The van der Waals surface area contributed by atoms with Gasteiger partial charge in [-0.15, -0.1) is 0 Å². The van der Waals surface area contributed by atoms with Crippen LogP contribution in [-0.2, 0) is 6.54 Å². The number of aliphatic hydroxyl groups excluding tert-OH is 1. The Kier molecular flexibility index (Phi) is 6.06. The molecule has 134 valence electrons. The SMILES string of the molecule is Cc1cc(CNc2ccc(OCCO)cc2)nc(N2CCCCC2)n1. The molecule has 1 fully saturated rings. The van der Waals surface area contributed by atoms with Gasteiger partial charge in [0.25, 0.3) is 0 Å². The van der Waals surface area contributed by atoms with Gasteiger partial charge in [-0.25, -0.2) is 9.97 Å². The lowest BCUT2D eigenvalue weighted by molar-refractivity contribution is 0.201. The second-order valence-electron chi connectivity index (χ2n) is 6.30. The predicted molar refractivity (Wildman–Crippen MR) is 99.2 cm³/mol. The number of hydrogen-bond donors (Lipinski definition) is 2. The number of rotatable bonds is 7. The Morgan fingerprint density at radius 1 is 1.12 bits per heavy atom. The Hall–Kier alpha value is -2.34. The molecule has 0 atom stereocenters. The minimum atomic E-state index is 0.0203. The van der Waals surface area contributed by atoms with Crippen molar-refractivity contribution in [3.63, 3.8) is 0 Å². The first-order valence-corrected chi connectivity index (χ1v) is 8.92. The molecule has 0 bridgehead atoms. The molecule has 1 aliphatic heterocycles. The smallest absolute Gasteiger partial charge is 0.225 e. The number of piperidine rings is 1. The molecule has 1 saturated heterocycles. The first-order valence-electron chi connectivity index (χ1n) is 8.92. The van der Waals surface area contributed by atoms with Crippen LogP contribution >= 0.6 is 0 Å². The van der Waals surface area contributed by atoms with Crippen LogP contribution < -0.4 is 15.0 Å². The van der Waals surface area contributed by atoms with Crippen molar-refractivity contribution in [3.05, 3.63) is 41.7 Å². The third-order valence-electron chi connectivity index (χ3n) is 4.22. The van der Waals surface area contributed by atoms with Gasteiger partial charge >= 0.3 is 0 Å². The number of hydrogen-bond acceptors (Lipinski definition) is 6. The molecule has 6 nitrogen and oxygen atoms in total. The van der Waals surface area contributed by atoms with Gasteiger partial charge in [-0.1, -0.05) is 0 Å². The van der Waals surface area contributed by atoms with Crippen LogP contribution in [0.5, 0.6) is 5.75 Å². The topological polar surface area (TPSA) is 70.5 Å². The maximum absolute atomic E-state index is 8.78. The lowest BCUT2D eigenvalue weighted by atomic mass is 10.1. The van der Waals surface area contributed by atoms with Crippen LogP contribution in [0.3, 0.4) is 0 Å². The van der Waals surface area contributed by atoms with Gasteiger partial charge in [0.1, 0.15) is 12.4 Å². The van der Waals surface area contributed by atoms with Crippen LogP contribution in [0, 0.1) is 6.92 Å². The molecule has 1 aromatic carbocycles. The van der Waals surface area contributed by atoms with Crippen molar-refractivity contribution in [2.24, 2.45) is 0 Å². The van der Waals surface area contributed by atoms with E-state index in [1.807, 2.05) is 37.3 Å². The van der Waals surface area contributed by atoms with Gasteiger partial charge in [-0.05, 0) is 56.5 Å². The van der Waals surface area contributed by atoms with E-state index < -0.39 is 0 Å². The lowest BCUT2D eigenvalue weighted by Gasteiger charge is -2.27. The van der Waals surface area contributed by atoms with E-state index in [4.69, 9.17) is 14.8 Å². The number of aromatic nitrogens is 2. The maximum Gasteiger partial charge on any atom is 0.225 e.